The summed E-state index contributed by atoms with van der Waals surface area (Å²) in [5, 5.41) is 0. The Bertz CT molecular complexity index is 148. The minimum Gasteiger partial charge on any atom is -0.280 e. The molecule has 0 saturated heterocycles. The van der Waals surface area contributed by atoms with Gasteiger partial charge in [0.15, 0.2) is 0 Å². The van der Waals surface area contributed by atoms with Crippen molar-refractivity contribution < 1.29 is 12.6 Å². The van der Waals surface area contributed by atoms with Crippen LogP contribution in [0.1, 0.15) is 0 Å². The third kappa shape index (κ3) is 1.93. The molecule has 0 radical (unpaired) electrons. The predicted molar refractivity (Wildman–Crippen MR) is 34.8 cm³/mol. The van der Waals surface area contributed by atoms with E-state index in [1.807, 2.05) is 0 Å². The van der Waals surface area contributed by atoms with E-state index in [1.54, 1.807) is 13.1 Å². The first-order valence-corrected chi connectivity index (χ1v) is 7.49. The van der Waals surface area contributed by atoms with Gasteiger partial charge in [0.25, 0.3) is 0 Å². The van der Waals surface area contributed by atoms with Crippen molar-refractivity contribution in [3.05, 3.63) is 0 Å². The van der Waals surface area contributed by atoms with Crippen LogP contribution in [-0.4, -0.2) is 23.5 Å². The summed E-state index contributed by atoms with van der Waals surface area (Å²) >= 11 is 0. The molecule has 0 aliphatic heterocycles. The topological polar surface area (TPSA) is 43.4 Å². The Balaban J connectivity index is 4.17. The lowest BCUT2D eigenvalue weighted by atomic mass is 11.8. The molecule has 0 fully saturated rings. The minimum absolute atomic E-state index is 1.20. The van der Waals surface area contributed by atoms with Crippen molar-refractivity contribution in [2.24, 2.45) is 0 Å². The molecular weight excluding hydrogens is 144 g/mol. The average Bonchev–Trinajstić information content (AvgIpc) is 1.67. The molecule has 0 aliphatic carbocycles. The van der Waals surface area contributed by atoms with Crippen molar-refractivity contribution in [1.29, 1.82) is 0 Å². The lowest BCUT2D eigenvalue weighted by molar-refractivity contribution is 0.410. The summed E-state index contributed by atoms with van der Waals surface area (Å²) in [5.41, 5.74) is 0. The molecule has 5 heteroatoms. The molecular formula is C3H10O3SSi. The minimum atomic E-state index is -3.10. The molecule has 8 heavy (non-hydrogen) atoms. The molecule has 3 nitrogen and oxygen atoms in total. The normalized spacial score (nSPS) is 12.5. The van der Waals surface area contributed by atoms with Gasteiger partial charge in [0.1, 0.15) is 0 Å². The van der Waals surface area contributed by atoms with Gasteiger partial charge in [-0.2, -0.15) is 0 Å². The fourth-order valence-corrected chi connectivity index (χ4v) is 1.73. The van der Waals surface area contributed by atoms with Crippen molar-refractivity contribution in [2.45, 2.75) is 13.1 Å². The van der Waals surface area contributed by atoms with Crippen LogP contribution in [0.5, 0.6) is 0 Å². The fraction of sp³-hybridized carbons (Fsp3) is 1.00. The zero-order chi connectivity index (χ0) is 6.78. The summed E-state index contributed by atoms with van der Waals surface area (Å²) in [4.78, 5) is 0. The molecule has 0 aromatic heterocycles. The molecule has 0 amide bonds. The first-order chi connectivity index (χ1) is 3.50. The smallest absolute Gasteiger partial charge is 0.226 e. The molecule has 0 aliphatic rings. The second-order valence-electron chi connectivity index (χ2n) is 1.71. The van der Waals surface area contributed by atoms with Gasteiger partial charge < -0.3 is 0 Å². The monoisotopic (exact) mass is 154 g/mol. The molecule has 0 aromatic carbocycles. The molecule has 50 valence electrons. The molecule has 0 unspecified atom stereocenters. The van der Waals surface area contributed by atoms with Gasteiger partial charge in [0.05, 0.1) is 7.11 Å². The third-order valence-corrected chi connectivity index (χ3v) is 6.47. The van der Waals surface area contributed by atoms with Crippen LogP contribution in [0.3, 0.4) is 0 Å². The summed E-state index contributed by atoms with van der Waals surface area (Å²) in [7, 11) is -3.53. The first-order valence-electron chi connectivity index (χ1n) is 2.30. The predicted octanol–water partition coefficient (Wildman–Crippen LogP) is -0.0540. The highest BCUT2D eigenvalue weighted by atomic mass is 32.4. The van der Waals surface area contributed by atoms with E-state index in [9.17, 15) is 8.42 Å². The molecule has 0 heterocycles. The quantitative estimate of drug-likeness (QED) is 0.524. The van der Waals surface area contributed by atoms with Crippen LogP contribution in [0.4, 0.5) is 0 Å². The Morgan fingerprint density at radius 3 is 1.75 bits per heavy atom. The van der Waals surface area contributed by atoms with Crippen molar-refractivity contribution in [3.63, 3.8) is 0 Å². The van der Waals surface area contributed by atoms with E-state index in [-0.39, 0.29) is 0 Å². The summed E-state index contributed by atoms with van der Waals surface area (Å²) < 4.78 is 25.3. The average molecular weight is 154 g/mol. The Kier molecular flexibility index (Phi) is 2.65. The van der Waals surface area contributed by atoms with E-state index < -0.39 is 17.5 Å². The Morgan fingerprint density at radius 2 is 1.75 bits per heavy atom. The van der Waals surface area contributed by atoms with E-state index in [4.69, 9.17) is 0 Å². The van der Waals surface area contributed by atoms with E-state index in [2.05, 4.69) is 4.18 Å². The number of hydrogen-bond acceptors (Lipinski definition) is 3. The maximum Gasteiger partial charge on any atom is 0.226 e. The van der Waals surface area contributed by atoms with Crippen LogP contribution in [0.15, 0.2) is 0 Å². The number of rotatable bonds is 2. The highest BCUT2D eigenvalue weighted by molar-refractivity contribution is 8.14. The second kappa shape index (κ2) is 2.61. The van der Waals surface area contributed by atoms with E-state index in [0.29, 0.717) is 0 Å². The van der Waals surface area contributed by atoms with Gasteiger partial charge in [-0.05, 0) is 0 Å². The van der Waals surface area contributed by atoms with Gasteiger partial charge in [-0.1, -0.05) is 13.1 Å². The summed E-state index contributed by atoms with van der Waals surface area (Å²) in [6, 6.07) is 0. The van der Waals surface area contributed by atoms with Gasteiger partial charge >= 0.3 is 0 Å². The Hall–Kier alpha value is 0.127. The van der Waals surface area contributed by atoms with Gasteiger partial charge in [0, 0.05) is 0 Å². The zero-order valence-electron chi connectivity index (χ0n) is 5.21. The fourth-order valence-electron chi connectivity index (χ4n) is 0.192. The lowest BCUT2D eigenvalue weighted by Gasteiger charge is -2.00. The second-order valence-corrected chi connectivity index (χ2v) is 9.69. The van der Waals surface area contributed by atoms with Crippen molar-refractivity contribution in [1.82, 2.24) is 0 Å². The van der Waals surface area contributed by atoms with Gasteiger partial charge in [-0.15, -0.1) is 0 Å². The Morgan fingerprint density at radius 1 is 1.38 bits per heavy atom. The Labute approximate surface area is 51.0 Å². The highest BCUT2D eigenvalue weighted by Gasteiger charge is 2.15. The van der Waals surface area contributed by atoms with E-state index >= 15 is 0 Å². The van der Waals surface area contributed by atoms with Gasteiger partial charge in [-0.25, -0.2) is 8.42 Å². The maximum atomic E-state index is 10.5. The van der Waals surface area contributed by atoms with E-state index in [1.165, 1.54) is 7.11 Å². The first kappa shape index (κ1) is 8.13. The van der Waals surface area contributed by atoms with Crippen molar-refractivity contribution >= 4 is 17.5 Å². The number of hydrogen-bond donors (Lipinski definition) is 0. The standard InChI is InChI=1S/C3H10O3SSi/c1-6-7(4,5)8(2)3/h8H,1-3H3. The molecule has 0 atom stereocenters. The van der Waals surface area contributed by atoms with E-state index in [0.717, 1.165) is 0 Å². The molecule has 0 N–H and O–H groups in total. The molecule has 0 aromatic rings. The molecule has 0 bridgehead atoms. The highest BCUT2D eigenvalue weighted by Crippen LogP contribution is 1.95. The van der Waals surface area contributed by atoms with Crippen LogP contribution in [0, 0.1) is 0 Å². The maximum absolute atomic E-state index is 10.5. The summed E-state index contributed by atoms with van der Waals surface area (Å²) in [6.45, 7) is 3.41. The van der Waals surface area contributed by atoms with Gasteiger partial charge in [-0.3, -0.25) is 4.18 Å². The van der Waals surface area contributed by atoms with Crippen LogP contribution in [-0.2, 0) is 13.8 Å². The molecule has 0 rings (SSSR count). The molecule has 0 saturated carbocycles. The third-order valence-electron chi connectivity index (χ3n) is 0.810. The van der Waals surface area contributed by atoms with Crippen LogP contribution >= 0.6 is 0 Å². The van der Waals surface area contributed by atoms with Gasteiger partial charge in [0.2, 0.25) is 17.5 Å². The lowest BCUT2D eigenvalue weighted by Crippen LogP contribution is -2.19. The summed E-state index contributed by atoms with van der Waals surface area (Å²) in [5.74, 6) is 0. The molecule has 0 spiro atoms. The SMILES string of the molecule is COS(=O)(=O)[SiH](C)C. The largest absolute Gasteiger partial charge is 0.280 e. The zero-order valence-corrected chi connectivity index (χ0v) is 7.18. The van der Waals surface area contributed by atoms with Crippen molar-refractivity contribution in [3.8, 4) is 0 Å². The van der Waals surface area contributed by atoms with Crippen LogP contribution in [0.25, 0.3) is 0 Å². The summed E-state index contributed by atoms with van der Waals surface area (Å²) in [6.07, 6.45) is 0. The van der Waals surface area contributed by atoms with Crippen LogP contribution < -0.4 is 0 Å². The van der Waals surface area contributed by atoms with Crippen molar-refractivity contribution in [2.75, 3.05) is 7.11 Å². The van der Waals surface area contributed by atoms with Crippen LogP contribution in [0.2, 0.25) is 13.1 Å².